The number of morpholine rings is 2. The Kier molecular flexibility index (Phi) is 14.6. The van der Waals surface area contributed by atoms with Crippen LogP contribution in [0.1, 0.15) is 88.5 Å². The van der Waals surface area contributed by atoms with Gasteiger partial charge in [0, 0.05) is 129 Å². The number of hydrogen-bond donors (Lipinski definition) is 1. The summed E-state index contributed by atoms with van der Waals surface area (Å²) in [7, 11) is 0. The number of fused-ring (bicyclic) bond motifs is 4. The van der Waals surface area contributed by atoms with Crippen LogP contribution in [-0.2, 0) is 20.3 Å². The van der Waals surface area contributed by atoms with Gasteiger partial charge >= 0.3 is 0 Å². The summed E-state index contributed by atoms with van der Waals surface area (Å²) in [4.78, 5) is 25.3. The van der Waals surface area contributed by atoms with Crippen molar-refractivity contribution < 1.29 is 27.0 Å². The Morgan fingerprint density at radius 3 is 1.70 bits per heavy atom. The van der Waals surface area contributed by atoms with Crippen molar-refractivity contribution in [2.45, 2.75) is 90.9 Å². The molecule has 73 heavy (non-hydrogen) atoms. The van der Waals surface area contributed by atoms with Crippen molar-refractivity contribution in [1.29, 1.82) is 0 Å². The molecule has 6 aliphatic rings. The topological polar surface area (TPSA) is 85.4 Å². The third kappa shape index (κ3) is 10.3. The van der Waals surface area contributed by atoms with E-state index in [2.05, 4.69) is 92.8 Å². The van der Waals surface area contributed by atoms with Gasteiger partial charge in [0.25, 0.3) is 0 Å². The fraction of sp³-hybridized carbons (Fsp3) is 0.491. The summed E-state index contributed by atoms with van der Waals surface area (Å²) in [6, 6.07) is 15.4. The molecule has 16 heteroatoms. The highest BCUT2D eigenvalue weighted by molar-refractivity contribution is 6.36. The Morgan fingerprint density at radius 2 is 1.10 bits per heavy atom. The second-order valence-electron chi connectivity index (χ2n) is 21.6. The summed E-state index contributed by atoms with van der Waals surface area (Å²) in [5.41, 5.74) is 8.06. The van der Waals surface area contributed by atoms with E-state index in [0.29, 0.717) is 22.5 Å². The zero-order valence-electron chi connectivity index (χ0n) is 43.1. The summed E-state index contributed by atoms with van der Waals surface area (Å²) in [6.45, 7) is 24.8. The van der Waals surface area contributed by atoms with Gasteiger partial charge in [-0.15, -0.1) is 0 Å². The fourth-order valence-electron chi connectivity index (χ4n) is 11.5. The third-order valence-electron chi connectivity index (χ3n) is 15.5. The van der Waals surface area contributed by atoms with E-state index in [1.807, 2.05) is 13.8 Å². The molecule has 0 unspecified atom stereocenters. The number of piperidine rings is 2. The molecule has 1 N–H and O–H groups in total. The van der Waals surface area contributed by atoms with Crippen molar-refractivity contribution in [3.63, 3.8) is 0 Å². The van der Waals surface area contributed by atoms with Gasteiger partial charge in [0.05, 0.1) is 58.9 Å². The molecule has 0 radical (unpaired) electrons. The van der Waals surface area contributed by atoms with Gasteiger partial charge in [0.15, 0.2) is 0 Å². The Balaban J connectivity index is 0.000000139. The minimum absolute atomic E-state index is 0.122. The highest BCUT2D eigenvalue weighted by Crippen LogP contribution is 2.50. The smallest absolute Gasteiger partial charge is 0.137 e. The highest BCUT2D eigenvalue weighted by Gasteiger charge is 2.39. The Hall–Kier alpha value is -5.64. The maximum Gasteiger partial charge on any atom is 0.137 e. The van der Waals surface area contributed by atoms with E-state index in [4.69, 9.17) is 31.0 Å². The van der Waals surface area contributed by atoms with E-state index in [-0.39, 0.29) is 21.7 Å². The van der Waals surface area contributed by atoms with Crippen molar-refractivity contribution in [2.75, 3.05) is 122 Å². The summed E-state index contributed by atoms with van der Waals surface area (Å²) < 4.78 is 68.1. The molecule has 0 spiro atoms. The van der Waals surface area contributed by atoms with Crippen LogP contribution < -0.4 is 29.8 Å². The molecule has 9 heterocycles. The molecule has 0 aliphatic carbocycles. The van der Waals surface area contributed by atoms with Gasteiger partial charge in [-0.3, -0.25) is 0 Å². The second kappa shape index (κ2) is 20.9. The summed E-state index contributed by atoms with van der Waals surface area (Å²) in [5.74, 6) is 1.26. The van der Waals surface area contributed by atoms with Gasteiger partial charge in [-0.1, -0.05) is 51.4 Å². The number of halogens is 5. The molecule has 6 aliphatic heterocycles. The molecule has 0 bridgehead atoms. The summed E-state index contributed by atoms with van der Waals surface area (Å²) in [5, 5.41) is 4.33. The number of pyridine rings is 3. The van der Waals surface area contributed by atoms with Crippen LogP contribution in [0.5, 0.6) is 0 Å². The van der Waals surface area contributed by atoms with Crippen LogP contribution in [0.3, 0.4) is 0 Å². The minimum Gasteiger partial charge on any atom is -0.378 e. The van der Waals surface area contributed by atoms with Crippen LogP contribution >= 0.6 is 11.6 Å². The first-order chi connectivity index (χ1) is 35.1. The van der Waals surface area contributed by atoms with Crippen molar-refractivity contribution in [2.24, 2.45) is 0 Å². The van der Waals surface area contributed by atoms with Crippen molar-refractivity contribution >= 4 is 73.7 Å². The number of anilines is 7. The van der Waals surface area contributed by atoms with Crippen LogP contribution in [0, 0.1) is 37.1 Å². The fourth-order valence-corrected chi connectivity index (χ4v) is 11.8. The van der Waals surface area contributed by atoms with Crippen molar-refractivity contribution in [3.8, 4) is 0 Å². The molecule has 4 saturated heterocycles. The number of benzene rings is 3. The molecular weight excluding hydrogens is 954 g/mol. The largest absolute Gasteiger partial charge is 0.378 e. The van der Waals surface area contributed by atoms with E-state index < -0.39 is 23.3 Å². The first-order valence-electron chi connectivity index (χ1n) is 26.1. The number of nitrogens with one attached hydrogen (secondary N) is 1. The molecule has 0 amide bonds. The Labute approximate surface area is 431 Å². The van der Waals surface area contributed by atoms with Crippen LogP contribution in [0.25, 0.3) is 21.8 Å². The zero-order chi connectivity index (χ0) is 51.2. The van der Waals surface area contributed by atoms with E-state index in [0.717, 1.165) is 175 Å². The normalized spacial score (nSPS) is 19.2. The SMILES string of the molecule is CC1(C)CNc2nc(N3CCOCC3)ccc21.Cc1c(N2CCCCC2)nc2cc(F)cc(F)c2c1Cl.Cc1c(N2CCCCC2)nc2cc(F)cc(F)c2c1N1CC(C)(C)c2ccc(N3CCOCC3)cc21. The van der Waals surface area contributed by atoms with Crippen LogP contribution in [-0.4, -0.2) is 107 Å². The minimum atomic E-state index is -0.661. The van der Waals surface area contributed by atoms with Crippen LogP contribution in [0.4, 0.5) is 57.9 Å². The number of rotatable bonds is 5. The van der Waals surface area contributed by atoms with Gasteiger partial charge in [-0.2, -0.15) is 0 Å². The molecular formula is C57H68ClF4N9O2. The van der Waals surface area contributed by atoms with Crippen molar-refractivity contribution in [3.05, 3.63) is 105 Å². The molecule has 11 nitrogen and oxygen atoms in total. The van der Waals surface area contributed by atoms with Gasteiger partial charge in [-0.25, -0.2) is 32.5 Å². The monoisotopic (exact) mass is 1020 g/mol. The first-order valence-corrected chi connectivity index (χ1v) is 26.5. The highest BCUT2D eigenvalue weighted by atomic mass is 35.5. The van der Waals surface area contributed by atoms with Gasteiger partial charge < -0.3 is 39.3 Å². The van der Waals surface area contributed by atoms with Gasteiger partial charge in [-0.05, 0) is 76.1 Å². The number of hydrogen-bond acceptors (Lipinski definition) is 11. The molecule has 3 aromatic carbocycles. The average Bonchev–Trinajstić information content (AvgIpc) is 3.85. The Morgan fingerprint density at radius 1 is 0.562 bits per heavy atom. The van der Waals surface area contributed by atoms with Gasteiger partial charge in [0.2, 0.25) is 0 Å². The molecule has 6 aromatic rings. The molecule has 0 saturated carbocycles. The number of ether oxygens (including phenoxy) is 2. The molecule has 0 atom stereocenters. The van der Waals surface area contributed by atoms with Crippen molar-refractivity contribution in [1.82, 2.24) is 15.0 Å². The van der Waals surface area contributed by atoms with Crippen LogP contribution in [0.15, 0.2) is 54.6 Å². The van der Waals surface area contributed by atoms with E-state index in [9.17, 15) is 13.2 Å². The maximum atomic E-state index is 15.5. The quantitative estimate of drug-likeness (QED) is 0.168. The predicted molar refractivity (Wildman–Crippen MR) is 288 cm³/mol. The molecule has 3 aromatic heterocycles. The lowest BCUT2D eigenvalue weighted by atomic mass is 9.87. The average molecular weight is 1020 g/mol. The standard InChI is InChI=1S/C29H34F2N4O.C15H15ClF2N2.C13H19N3O/c1-19-27(26-23(31)15-20(30)16-24(26)32-28(19)34-9-5-4-6-10-34)35-18-29(2,3)22-8-7-21(17-25(22)35)33-11-13-36-14-12-33;1-9-14(16)13-11(18)7-10(17)8-12(13)19-15(9)20-5-3-2-4-6-20;1-13(2)9-14-12-10(13)3-4-11(15-12)16-5-7-17-8-6-16/h7-8,15-17H,4-6,9-14,18H2,1-3H3;7-8H,2-6H2,1H3;3-4H,5-9H2,1-2H3,(H,14,15). The van der Waals surface area contributed by atoms with E-state index in [1.165, 1.54) is 36.1 Å². The lowest BCUT2D eigenvalue weighted by Crippen LogP contribution is -2.36. The maximum absolute atomic E-state index is 15.5. The molecule has 4 fully saturated rings. The summed E-state index contributed by atoms with van der Waals surface area (Å²) >= 11 is 6.28. The lowest BCUT2D eigenvalue weighted by Gasteiger charge is -2.33. The second-order valence-corrected chi connectivity index (χ2v) is 22.0. The van der Waals surface area contributed by atoms with Crippen LogP contribution in [0.2, 0.25) is 5.02 Å². The molecule has 388 valence electrons. The van der Waals surface area contributed by atoms with E-state index in [1.54, 1.807) is 0 Å². The summed E-state index contributed by atoms with van der Waals surface area (Å²) in [6.07, 6.45) is 6.84. The van der Waals surface area contributed by atoms with Gasteiger partial charge in [0.1, 0.15) is 46.5 Å². The number of aromatic nitrogens is 3. The predicted octanol–water partition coefficient (Wildman–Crippen LogP) is 12.2. The Bertz CT molecular complexity index is 3000. The molecule has 12 rings (SSSR count). The lowest BCUT2D eigenvalue weighted by molar-refractivity contribution is 0.122. The number of nitrogens with zero attached hydrogens (tertiary/aromatic N) is 8. The third-order valence-corrected chi connectivity index (χ3v) is 16.0. The van der Waals surface area contributed by atoms with E-state index >= 15 is 4.39 Å². The first kappa shape index (κ1) is 50.9. The zero-order valence-corrected chi connectivity index (χ0v) is 43.9.